The van der Waals surface area contributed by atoms with Gasteiger partial charge in [0.25, 0.3) is 0 Å². The molecule has 1 aromatic heterocycles. The Morgan fingerprint density at radius 1 is 1.19 bits per heavy atom. The van der Waals surface area contributed by atoms with Crippen molar-refractivity contribution in [3.8, 4) is 0 Å². The molecule has 0 radical (unpaired) electrons. The van der Waals surface area contributed by atoms with Gasteiger partial charge in [-0.25, -0.2) is 0 Å². The summed E-state index contributed by atoms with van der Waals surface area (Å²) in [6.45, 7) is 6.85. The van der Waals surface area contributed by atoms with Crippen LogP contribution < -0.4 is 4.90 Å². The maximum atomic E-state index is 12.4. The number of carbonyl (C=O) groups excluding carboxylic acids is 1. The molecule has 0 N–H and O–H groups in total. The summed E-state index contributed by atoms with van der Waals surface area (Å²) in [7, 11) is 0. The minimum absolute atomic E-state index is 0.199. The van der Waals surface area contributed by atoms with Crippen molar-refractivity contribution in [3.05, 3.63) is 40.7 Å². The summed E-state index contributed by atoms with van der Waals surface area (Å²) < 4.78 is 5.69. The van der Waals surface area contributed by atoms with Crippen molar-refractivity contribution in [3.63, 3.8) is 0 Å². The van der Waals surface area contributed by atoms with Crippen LogP contribution in [0.4, 0.5) is 6.01 Å². The highest BCUT2D eigenvalue weighted by Gasteiger charge is 2.24. The number of halogens is 1. The lowest BCUT2D eigenvalue weighted by Crippen LogP contribution is -2.48. The van der Waals surface area contributed by atoms with Crippen LogP contribution >= 0.6 is 11.6 Å². The van der Waals surface area contributed by atoms with E-state index in [-0.39, 0.29) is 11.8 Å². The molecule has 26 heavy (non-hydrogen) atoms. The maximum absolute atomic E-state index is 12.4. The van der Waals surface area contributed by atoms with Crippen molar-refractivity contribution in [2.45, 2.75) is 39.0 Å². The van der Waals surface area contributed by atoms with Crippen LogP contribution in [-0.2, 0) is 11.2 Å². The summed E-state index contributed by atoms with van der Waals surface area (Å²) in [5.74, 6) is 1.07. The van der Waals surface area contributed by atoms with E-state index in [1.165, 1.54) is 0 Å². The Morgan fingerprint density at radius 2 is 1.92 bits per heavy atom. The number of carbonyl (C=O) groups is 1. The van der Waals surface area contributed by atoms with E-state index in [1.54, 1.807) is 0 Å². The molecule has 2 aromatic rings. The van der Waals surface area contributed by atoms with Crippen molar-refractivity contribution in [1.29, 1.82) is 0 Å². The Kier molecular flexibility index (Phi) is 6.14. The van der Waals surface area contributed by atoms with Gasteiger partial charge in [0, 0.05) is 43.5 Å². The molecule has 1 aromatic carbocycles. The number of anilines is 1. The molecular weight excluding hydrogens is 352 g/mol. The Morgan fingerprint density at radius 3 is 2.58 bits per heavy atom. The molecule has 0 saturated carbocycles. The van der Waals surface area contributed by atoms with Gasteiger partial charge in [0.1, 0.15) is 0 Å². The van der Waals surface area contributed by atoms with Gasteiger partial charge in [-0.1, -0.05) is 48.7 Å². The number of nitrogens with zero attached hydrogens (tertiary/aromatic N) is 4. The fourth-order valence-electron chi connectivity index (χ4n) is 3.02. The van der Waals surface area contributed by atoms with E-state index in [1.807, 2.05) is 47.9 Å². The summed E-state index contributed by atoms with van der Waals surface area (Å²) in [4.78, 5) is 16.4. The van der Waals surface area contributed by atoms with Gasteiger partial charge < -0.3 is 14.2 Å². The van der Waals surface area contributed by atoms with E-state index in [9.17, 15) is 4.79 Å². The van der Waals surface area contributed by atoms with Gasteiger partial charge >= 0.3 is 6.01 Å². The Bertz CT molecular complexity index is 739. The number of rotatable bonds is 6. The molecule has 0 bridgehead atoms. The SMILES string of the molecule is CC(C)c1nnc(N2CCN(C(=O)CCCc3ccccc3Cl)CC2)o1. The molecule has 1 aliphatic heterocycles. The zero-order valence-corrected chi connectivity index (χ0v) is 16.1. The smallest absolute Gasteiger partial charge is 0.318 e. The van der Waals surface area contributed by atoms with Crippen LogP contribution in [0.2, 0.25) is 5.02 Å². The van der Waals surface area contributed by atoms with Gasteiger partial charge in [-0.15, -0.1) is 5.10 Å². The highest BCUT2D eigenvalue weighted by Crippen LogP contribution is 2.20. The predicted molar refractivity (Wildman–Crippen MR) is 102 cm³/mol. The standard InChI is InChI=1S/C19H25ClN4O2/c1-14(2)18-21-22-19(26-18)24-12-10-23(11-13-24)17(25)9-5-7-15-6-3-4-8-16(15)20/h3-4,6,8,14H,5,7,9-13H2,1-2H3. The van der Waals surface area contributed by atoms with Gasteiger partial charge in [-0.05, 0) is 24.5 Å². The normalized spacial score (nSPS) is 14.9. The largest absolute Gasteiger partial charge is 0.408 e. The number of aromatic nitrogens is 2. The van der Waals surface area contributed by atoms with Crippen LogP contribution in [0.15, 0.2) is 28.7 Å². The minimum atomic E-state index is 0.199. The van der Waals surface area contributed by atoms with E-state index >= 15 is 0 Å². The second-order valence-electron chi connectivity index (χ2n) is 6.89. The highest BCUT2D eigenvalue weighted by atomic mass is 35.5. The van der Waals surface area contributed by atoms with Crippen LogP contribution in [0, 0.1) is 0 Å². The van der Waals surface area contributed by atoms with Crippen molar-refractivity contribution >= 4 is 23.5 Å². The number of hydrogen-bond donors (Lipinski definition) is 0. The summed E-state index contributed by atoms with van der Waals surface area (Å²) >= 11 is 6.16. The first-order valence-electron chi connectivity index (χ1n) is 9.14. The quantitative estimate of drug-likeness (QED) is 0.771. The predicted octanol–water partition coefficient (Wildman–Crippen LogP) is 3.52. The van der Waals surface area contributed by atoms with Crippen LogP contribution in [0.5, 0.6) is 0 Å². The van der Waals surface area contributed by atoms with Gasteiger partial charge in [0.05, 0.1) is 0 Å². The molecule has 7 heteroatoms. The summed E-state index contributed by atoms with van der Waals surface area (Å²) in [6, 6.07) is 8.36. The number of hydrogen-bond acceptors (Lipinski definition) is 5. The Hall–Kier alpha value is -2.08. The molecule has 6 nitrogen and oxygen atoms in total. The average Bonchev–Trinajstić information content (AvgIpc) is 3.14. The Balaban J connectivity index is 1.44. The molecule has 0 unspecified atom stereocenters. The molecule has 0 aliphatic carbocycles. The number of aryl methyl sites for hydroxylation is 1. The molecule has 3 rings (SSSR count). The van der Waals surface area contributed by atoms with E-state index in [0.29, 0.717) is 31.4 Å². The second-order valence-corrected chi connectivity index (χ2v) is 7.30. The molecule has 1 aliphatic rings. The third kappa shape index (κ3) is 4.55. The van der Waals surface area contributed by atoms with Crippen molar-refractivity contribution < 1.29 is 9.21 Å². The minimum Gasteiger partial charge on any atom is -0.408 e. The number of piperazine rings is 1. The van der Waals surface area contributed by atoms with E-state index in [2.05, 4.69) is 10.2 Å². The van der Waals surface area contributed by atoms with E-state index in [4.69, 9.17) is 16.0 Å². The number of benzene rings is 1. The lowest BCUT2D eigenvalue weighted by Gasteiger charge is -2.33. The van der Waals surface area contributed by atoms with Crippen LogP contribution in [0.3, 0.4) is 0 Å². The zero-order chi connectivity index (χ0) is 18.5. The molecular formula is C19H25ClN4O2. The fourth-order valence-corrected chi connectivity index (χ4v) is 3.25. The van der Waals surface area contributed by atoms with Gasteiger partial charge in [0.15, 0.2) is 0 Å². The lowest BCUT2D eigenvalue weighted by atomic mass is 10.1. The Labute approximate surface area is 159 Å². The van der Waals surface area contributed by atoms with Crippen LogP contribution in [0.1, 0.15) is 44.1 Å². The molecule has 0 atom stereocenters. The number of amides is 1. The average molecular weight is 377 g/mol. The van der Waals surface area contributed by atoms with Crippen molar-refractivity contribution in [2.24, 2.45) is 0 Å². The monoisotopic (exact) mass is 376 g/mol. The van der Waals surface area contributed by atoms with Crippen molar-refractivity contribution in [2.75, 3.05) is 31.1 Å². The van der Waals surface area contributed by atoms with Crippen LogP contribution in [-0.4, -0.2) is 47.2 Å². The molecule has 1 fully saturated rings. The molecule has 0 spiro atoms. The van der Waals surface area contributed by atoms with Crippen LogP contribution in [0.25, 0.3) is 0 Å². The second kappa shape index (κ2) is 8.54. The third-order valence-electron chi connectivity index (χ3n) is 4.62. The highest BCUT2D eigenvalue weighted by molar-refractivity contribution is 6.31. The maximum Gasteiger partial charge on any atom is 0.318 e. The third-order valence-corrected chi connectivity index (χ3v) is 4.99. The first-order chi connectivity index (χ1) is 12.5. The van der Waals surface area contributed by atoms with Gasteiger partial charge in [-0.3, -0.25) is 4.79 Å². The van der Waals surface area contributed by atoms with Gasteiger partial charge in [0.2, 0.25) is 11.8 Å². The van der Waals surface area contributed by atoms with Crippen molar-refractivity contribution in [1.82, 2.24) is 15.1 Å². The first-order valence-corrected chi connectivity index (χ1v) is 9.52. The summed E-state index contributed by atoms with van der Waals surface area (Å²) in [5, 5.41) is 8.96. The lowest BCUT2D eigenvalue weighted by molar-refractivity contribution is -0.131. The summed E-state index contributed by atoms with van der Waals surface area (Å²) in [5.41, 5.74) is 1.10. The topological polar surface area (TPSA) is 62.5 Å². The molecule has 2 heterocycles. The zero-order valence-electron chi connectivity index (χ0n) is 15.3. The molecule has 140 valence electrons. The van der Waals surface area contributed by atoms with E-state index in [0.717, 1.165) is 36.5 Å². The summed E-state index contributed by atoms with van der Waals surface area (Å²) in [6.07, 6.45) is 2.18. The fraction of sp³-hybridized carbons (Fsp3) is 0.526. The first kappa shape index (κ1) is 18.7. The van der Waals surface area contributed by atoms with Gasteiger partial charge in [-0.2, -0.15) is 0 Å². The van der Waals surface area contributed by atoms with E-state index < -0.39 is 0 Å². The molecule has 1 amide bonds. The molecule has 1 saturated heterocycles.